The number of hydrogen-bond acceptors (Lipinski definition) is 7. The minimum atomic E-state index is -0.141. The highest BCUT2D eigenvalue weighted by atomic mass is 16.5. The molecule has 8 nitrogen and oxygen atoms in total. The number of rotatable bonds is 6. The van der Waals surface area contributed by atoms with E-state index in [1.165, 1.54) is 0 Å². The van der Waals surface area contributed by atoms with E-state index in [1.54, 1.807) is 49.7 Å². The van der Waals surface area contributed by atoms with Gasteiger partial charge in [-0.3, -0.25) is 4.79 Å². The predicted octanol–water partition coefficient (Wildman–Crippen LogP) is 2.24. The second-order valence-corrected chi connectivity index (χ2v) is 6.78. The average Bonchev–Trinajstić information content (AvgIpc) is 2.73. The van der Waals surface area contributed by atoms with Crippen LogP contribution in [0.1, 0.15) is 23.2 Å². The van der Waals surface area contributed by atoms with Crippen LogP contribution in [0, 0.1) is 0 Å². The molecule has 28 heavy (non-hydrogen) atoms. The lowest BCUT2D eigenvalue weighted by Crippen LogP contribution is -2.44. The second kappa shape index (κ2) is 8.77. The molecule has 1 aliphatic heterocycles. The summed E-state index contributed by atoms with van der Waals surface area (Å²) in [4.78, 5) is 25.3. The second-order valence-electron chi connectivity index (χ2n) is 6.78. The first-order chi connectivity index (χ1) is 13.5. The number of anilines is 1. The molecule has 2 aromatic rings. The molecular weight excluding hydrogens is 360 g/mol. The summed E-state index contributed by atoms with van der Waals surface area (Å²) in [6.45, 7) is 1.16. The molecule has 0 spiro atoms. The number of carbonyl (C=O) groups excluding carboxylic acids is 1. The van der Waals surface area contributed by atoms with Crippen molar-refractivity contribution in [3.8, 4) is 17.4 Å². The predicted molar refractivity (Wildman–Crippen MR) is 105 cm³/mol. The van der Waals surface area contributed by atoms with Crippen LogP contribution in [-0.4, -0.2) is 68.3 Å². The SMILES string of the molecule is COc1ccc(C(=O)N2CCCC(Oc3nccnc3N(C)C)C2)c(OC)c1. The zero-order valence-electron chi connectivity index (χ0n) is 16.7. The van der Waals surface area contributed by atoms with Crippen molar-refractivity contribution in [2.24, 2.45) is 0 Å². The number of nitrogens with zero attached hydrogens (tertiary/aromatic N) is 4. The summed E-state index contributed by atoms with van der Waals surface area (Å²) in [5, 5.41) is 0. The molecule has 1 aromatic heterocycles. The fraction of sp³-hybridized carbons (Fsp3) is 0.450. The van der Waals surface area contributed by atoms with Crippen molar-refractivity contribution >= 4 is 11.7 Å². The van der Waals surface area contributed by atoms with Crippen LogP contribution in [0.15, 0.2) is 30.6 Å². The summed E-state index contributed by atoms with van der Waals surface area (Å²) < 4.78 is 16.7. The number of ether oxygens (including phenoxy) is 3. The molecule has 150 valence electrons. The van der Waals surface area contributed by atoms with E-state index in [1.807, 2.05) is 19.0 Å². The lowest BCUT2D eigenvalue weighted by molar-refractivity contribution is 0.0525. The van der Waals surface area contributed by atoms with Gasteiger partial charge in [-0.25, -0.2) is 9.97 Å². The van der Waals surface area contributed by atoms with Gasteiger partial charge in [-0.15, -0.1) is 0 Å². The van der Waals surface area contributed by atoms with Crippen LogP contribution >= 0.6 is 0 Å². The third-order valence-corrected chi connectivity index (χ3v) is 4.65. The Morgan fingerprint density at radius 1 is 1.18 bits per heavy atom. The van der Waals surface area contributed by atoms with Gasteiger partial charge in [0.05, 0.1) is 26.3 Å². The highest BCUT2D eigenvalue weighted by molar-refractivity contribution is 5.97. The Morgan fingerprint density at radius 3 is 2.68 bits per heavy atom. The monoisotopic (exact) mass is 386 g/mol. The Kier molecular flexibility index (Phi) is 6.18. The molecule has 0 saturated carbocycles. The minimum Gasteiger partial charge on any atom is -0.497 e. The van der Waals surface area contributed by atoms with Gasteiger partial charge < -0.3 is 24.0 Å². The van der Waals surface area contributed by atoms with Crippen molar-refractivity contribution in [3.63, 3.8) is 0 Å². The van der Waals surface area contributed by atoms with Crippen LogP contribution in [0.2, 0.25) is 0 Å². The molecule has 0 radical (unpaired) electrons. The molecule has 1 fully saturated rings. The van der Waals surface area contributed by atoms with Crippen molar-refractivity contribution in [1.29, 1.82) is 0 Å². The normalized spacial score (nSPS) is 16.4. The van der Waals surface area contributed by atoms with Gasteiger partial charge >= 0.3 is 0 Å². The zero-order chi connectivity index (χ0) is 20.1. The quantitative estimate of drug-likeness (QED) is 0.753. The molecule has 3 rings (SSSR count). The fourth-order valence-electron chi connectivity index (χ4n) is 3.23. The number of carbonyl (C=O) groups is 1. The van der Waals surface area contributed by atoms with Gasteiger partial charge in [0, 0.05) is 39.1 Å². The van der Waals surface area contributed by atoms with Gasteiger partial charge in [0.2, 0.25) is 0 Å². The van der Waals surface area contributed by atoms with Gasteiger partial charge in [-0.2, -0.15) is 0 Å². The van der Waals surface area contributed by atoms with Crippen LogP contribution < -0.4 is 19.1 Å². The van der Waals surface area contributed by atoms with Gasteiger partial charge in [0.1, 0.15) is 17.6 Å². The number of piperidine rings is 1. The van der Waals surface area contributed by atoms with E-state index in [-0.39, 0.29) is 12.0 Å². The van der Waals surface area contributed by atoms with Gasteiger partial charge in [-0.05, 0) is 25.0 Å². The van der Waals surface area contributed by atoms with Crippen molar-refractivity contribution in [1.82, 2.24) is 14.9 Å². The molecule has 1 unspecified atom stereocenters. The maximum Gasteiger partial charge on any atom is 0.257 e. The lowest BCUT2D eigenvalue weighted by atomic mass is 10.1. The topological polar surface area (TPSA) is 77.0 Å². The molecule has 0 N–H and O–H groups in total. The fourth-order valence-corrected chi connectivity index (χ4v) is 3.23. The Morgan fingerprint density at radius 2 is 1.96 bits per heavy atom. The lowest BCUT2D eigenvalue weighted by Gasteiger charge is -2.33. The van der Waals surface area contributed by atoms with Crippen LogP contribution in [0.5, 0.6) is 17.4 Å². The van der Waals surface area contributed by atoms with Gasteiger partial charge in [0.25, 0.3) is 11.8 Å². The zero-order valence-corrected chi connectivity index (χ0v) is 16.7. The van der Waals surface area contributed by atoms with Crippen molar-refractivity contribution in [3.05, 3.63) is 36.2 Å². The average molecular weight is 386 g/mol. The molecule has 0 bridgehead atoms. The first-order valence-electron chi connectivity index (χ1n) is 9.19. The molecule has 1 atom stereocenters. The molecule has 1 aliphatic rings. The number of aromatic nitrogens is 2. The van der Waals surface area contributed by atoms with Crippen LogP contribution in [-0.2, 0) is 0 Å². The van der Waals surface area contributed by atoms with E-state index < -0.39 is 0 Å². The molecular formula is C20H26N4O4. The van der Waals surface area contributed by atoms with Crippen molar-refractivity contribution < 1.29 is 19.0 Å². The van der Waals surface area contributed by atoms with Gasteiger partial charge in [0.15, 0.2) is 5.82 Å². The summed E-state index contributed by atoms with van der Waals surface area (Å²) in [6, 6.07) is 5.21. The summed E-state index contributed by atoms with van der Waals surface area (Å²) in [5.41, 5.74) is 0.512. The number of amides is 1. The maximum absolute atomic E-state index is 13.1. The minimum absolute atomic E-state index is 0.0835. The Balaban J connectivity index is 1.74. The summed E-state index contributed by atoms with van der Waals surface area (Å²) in [6.07, 6.45) is 4.81. The molecule has 8 heteroatoms. The Labute approximate surface area is 165 Å². The Hall–Kier alpha value is -3.03. The third kappa shape index (κ3) is 4.27. The highest BCUT2D eigenvalue weighted by Gasteiger charge is 2.28. The molecule has 1 aromatic carbocycles. The summed E-state index contributed by atoms with van der Waals surface area (Å²) in [7, 11) is 6.91. The smallest absolute Gasteiger partial charge is 0.257 e. The first kappa shape index (κ1) is 19.7. The van der Waals surface area contributed by atoms with E-state index in [0.717, 1.165) is 12.8 Å². The summed E-state index contributed by atoms with van der Waals surface area (Å²) in [5.74, 6) is 2.21. The van der Waals surface area contributed by atoms with E-state index in [4.69, 9.17) is 14.2 Å². The molecule has 1 saturated heterocycles. The third-order valence-electron chi connectivity index (χ3n) is 4.65. The van der Waals surface area contributed by atoms with E-state index in [9.17, 15) is 4.79 Å². The van der Waals surface area contributed by atoms with Gasteiger partial charge in [-0.1, -0.05) is 0 Å². The number of methoxy groups -OCH3 is 2. The molecule has 0 aliphatic carbocycles. The number of likely N-dealkylation sites (tertiary alicyclic amines) is 1. The highest BCUT2D eigenvalue weighted by Crippen LogP contribution is 2.28. The van der Waals surface area contributed by atoms with E-state index >= 15 is 0 Å². The maximum atomic E-state index is 13.1. The van der Waals surface area contributed by atoms with Crippen LogP contribution in [0.25, 0.3) is 0 Å². The van der Waals surface area contributed by atoms with E-state index in [2.05, 4.69) is 9.97 Å². The van der Waals surface area contributed by atoms with Crippen molar-refractivity contribution in [2.45, 2.75) is 18.9 Å². The first-order valence-corrected chi connectivity index (χ1v) is 9.19. The molecule has 2 heterocycles. The van der Waals surface area contributed by atoms with Crippen LogP contribution in [0.4, 0.5) is 5.82 Å². The number of hydrogen-bond donors (Lipinski definition) is 0. The number of benzene rings is 1. The summed E-state index contributed by atoms with van der Waals surface area (Å²) >= 11 is 0. The van der Waals surface area contributed by atoms with Crippen LogP contribution in [0.3, 0.4) is 0 Å². The largest absolute Gasteiger partial charge is 0.497 e. The molecule has 1 amide bonds. The van der Waals surface area contributed by atoms with E-state index in [0.29, 0.717) is 41.8 Å². The van der Waals surface area contributed by atoms with Crippen molar-refractivity contribution in [2.75, 3.05) is 46.3 Å². The standard InChI is InChI=1S/C20H26N4O4/c1-23(2)18-19(22-10-9-21-18)28-15-6-5-11-24(13-15)20(25)16-8-7-14(26-3)12-17(16)27-4/h7-10,12,15H,5-6,11,13H2,1-4H3. The Bertz CT molecular complexity index is 828.